The highest BCUT2D eigenvalue weighted by Gasteiger charge is 2.25. The molecule has 2 rings (SSSR count). The van der Waals surface area contributed by atoms with Crippen molar-refractivity contribution in [2.24, 2.45) is 11.8 Å². The van der Waals surface area contributed by atoms with Gasteiger partial charge in [-0.05, 0) is 44.6 Å². The molecule has 0 saturated carbocycles. The number of nitrogens with zero attached hydrogens (tertiary/aromatic N) is 3. The van der Waals surface area contributed by atoms with Crippen LogP contribution in [-0.4, -0.2) is 44.9 Å². The van der Waals surface area contributed by atoms with E-state index in [1.54, 1.807) is 0 Å². The van der Waals surface area contributed by atoms with Gasteiger partial charge in [-0.25, -0.2) is 0 Å². The van der Waals surface area contributed by atoms with Gasteiger partial charge in [-0.2, -0.15) is 5.10 Å². The first-order valence-electron chi connectivity index (χ1n) is 8.33. The lowest BCUT2D eigenvalue weighted by Crippen LogP contribution is -2.41. The molecule has 1 aliphatic rings. The minimum Gasteiger partial charge on any atom is -0.392 e. The van der Waals surface area contributed by atoms with Gasteiger partial charge in [0.1, 0.15) is 0 Å². The van der Waals surface area contributed by atoms with Crippen molar-refractivity contribution in [3.05, 3.63) is 17.5 Å². The van der Waals surface area contributed by atoms with Crippen molar-refractivity contribution in [2.45, 2.75) is 59.6 Å². The number of carbonyl (C=O) groups is 1. The van der Waals surface area contributed by atoms with Crippen molar-refractivity contribution < 1.29 is 9.90 Å². The number of likely N-dealkylation sites (tertiary alicyclic amines) is 1. The number of aliphatic hydroxyl groups excluding tert-OH is 1. The Balaban J connectivity index is 1.80. The first-order valence-corrected chi connectivity index (χ1v) is 8.33. The van der Waals surface area contributed by atoms with Crippen LogP contribution in [0.25, 0.3) is 0 Å². The molecule has 22 heavy (non-hydrogen) atoms. The lowest BCUT2D eigenvalue weighted by Gasteiger charge is -2.33. The number of aliphatic hydroxyl groups is 1. The van der Waals surface area contributed by atoms with Crippen LogP contribution in [0, 0.1) is 25.7 Å². The molecule has 5 nitrogen and oxygen atoms in total. The van der Waals surface area contributed by atoms with Crippen LogP contribution in [0.1, 0.15) is 44.5 Å². The third-order valence-electron chi connectivity index (χ3n) is 4.66. The molecule has 1 aliphatic heterocycles. The third kappa shape index (κ3) is 4.32. The molecular weight excluding hydrogens is 278 g/mol. The molecule has 1 saturated heterocycles. The summed E-state index contributed by atoms with van der Waals surface area (Å²) in [7, 11) is 0. The summed E-state index contributed by atoms with van der Waals surface area (Å²) in [5.41, 5.74) is 2.27. The Kier molecular flexibility index (Phi) is 5.62. The van der Waals surface area contributed by atoms with Gasteiger partial charge >= 0.3 is 0 Å². The van der Waals surface area contributed by atoms with E-state index < -0.39 is 6.10 Å². The summed E-state index contributed by atoms with van der Waals surface area (Å²) in [6, 6.07) is 2.10. The van der Waals surface area contributed by atoms with Gasteiger partial charge in [0, 0.05) is 25.3 Å². The van der Waals surface area contributed by atoms with Gasteiger partial charge in [-0.3, -0.25) is 9.48 Å². The number of carbonyl (C=O) groups excluding carboxylic acids is 1. The molecule has 1 atom stereocenters. The second-order valence-corrected chi connectivity index (χ2v) is 6.95. The molecule has 1 amide bonds. The Morgan fingerprint density at radius 1 is 1.36 bits per heavy atom. The molecular formula is C17H29N3O2. The highest BCUT2D eigenvalue weighted by atomic mass is 16.3. The van der Waals surface area contributed by atoms with Gasteiger partial charge in [0.2, 0.25) is 5.91 Å². The number of hydrogen-bond acceptors (Lipinski definition) is 3. The van der Waals surface area contributed by atoms with Crippen molar-refractivity contribution in [1.29, 1.82) is 0 Å². The largest absolute Gasteiger partial charge is 0.392 e. The van der Waals surface area contributed by atoms with E-state index in [4.69, 9.17) is 0 Å². The maximum atomic E-state index is 12.2. The van der Waals surface area contributed by atoms with Gasteiger partial charge in [0.25, 0.3) is 0 Å². The molecule has 0 unspecified atom stereocenters. The molecule has 1 aromatic heterocycles. The topological polar surface area (TPSA) is 58.4 Å². The summed E-state index contributed by atoms with van der Waals surface area (Å²) in [6.45, 7) is 10.5. The van der Waals surface area contributed by atoms with Crippen LogP contribution in [0.3, 0.4) is 0 Å². The number of piperidine rings is 1. The zero-order chi connectivity index (χ0) is 16.3. The van der Waals surface area contributed by atoms with Crippen LogP contribution < -0.4 is 0 Å². The van der Waals surface area contributed by atoms with E-state index in [1.807, 2.05) is 25.7 Å². The van der Waals surface area contributed by atoms with Crippen molar-refractivity contribution in [1.82, 2.24) is 14.7 Å². The summed E-state index contributed by atoms with van der Waals surface area (Å²) in [5.74, 6) is 0.801. The molecule has 1 fully saturated rings. The lowest BCUT2D eigenvalue weighted by molar-refractivity contribution is -0.135. The summed E-state index contributed by atoms with van der Waals surface area (Å²) in [5, 5.41) is 14.4. The number of hydrogen-bond donors (Lipinski definition) is 1. The minimum atomic E-state index is -0.528. The zero-order valence-corrected chi connectivity index (χ0v) is 14.2. The fourth-order valence-electron chi connectivity index (χ4n) is 3.01. The van der Waals surface area contributed by atoms with Gasteiger partial charge in [0.15, 0.2) is 0 Å². The summed E-state index contributed by atoms with van der Waals surface area (Å²) < 4.78 is 2.08. The van der Waals surface area contributed by atoms with E-state index in [-0.39, 0.29) is 18.2 Å². The van der Waals surface area contributed by atoms with Crippen molar-refractivity contribution in [2.75, 3.05) is 13.1 Å². The standard InChI is InChI=1S/C17H29N3O2/c1-12(2)16(21)10-17(22)19-7-5-15(6-8-19)11-20-14(4)9-13(3)18-20/h9,12,15-16,21H,5-8,10-11H2,1-4H3/t16-/m1/s1. The van der Waals surface area contributed by atoms with Crippen LogP contribution >= 0.6 is 0 Å². The predicted molar refractivity (Wildman–Crippen MR) is 86.5 cm³/mol. The molecule has 1 aromatic rings. The molecule has 0 bridgehead atoms. The van der Waals surface area contributed by atoms with Gasteiger partial charge in [0.05, 0.1) is 18.2 Å². The third-order valence-corrected chi connectivity index (χ3v) is 4.66. The fourth-order valence-corrected chi connectivity index (χ4v) is 3.01. The van der Waals surface area contributed by atoms with Crippen molar-refractivity contribution in [3.8, 4) is 0 Å². The van der Waals surface area contributed by atoms with Crippen LogP contribution in [0.2, 0.25) is 0 Å². The van der Waals surface area contributed by atoms with Crippen LogP contribution in [0.5, 0.6) is 0 Å². The quantitative estimate of drug-likeness (QED) is 0.907. The summed E-state index contributed by atoms with van der Waals surface area (Å²) >= 11 is 0. The molecule has 1 N–H and O–H groups in total. The second-order valence-electron chi connectivity index (χ2n) is 6.95. The monoisotopic (exact) mass is 307 g/mol. The van der Waals surface area contributed by atoms with Crippen molar-refractivity contribution in [3.63, 3.8) is 0 Å². The first kappa shape index (κ1) is 17.0. The Morgan fingerprint density at radius 2 is 2.00 bits per heavy atom. The molecule has 2 heterocycles. The highest BCUT2D eigenvalue weighted by molar-refractivity contribution is 5.76. The van der Waals surface area contributed by atoms with Crippen LogP contribution in [0.4, 0.5) is 0 Å². The Labute approximate surface area is 133 Å². The first-order chi connectivity index (χ1) is 10.4. The number of aryl methyl sites for hydroxylation is 2. The van der Waals surface area contributed by atoms with E-state index in [1.165, 1.54) is 5.69 Å². The Morgan fingerprint density at radius 3 is 2.50 bits per heavy atom. The molecule has 5 heteroatoms. The lowest BCUT2D eigenvalue weighted by atomic mass is 9.96. The Hall–Kier alpha value is -1.36. The van der Waals surface area contributed by atoms with E-state index in [9.17, 15) is 9.90 Å². The van der Waals surface area contributed by atoms with Crippen LogP contribution in [0.15, 0.2) is 6.07 Å². The molecule has 0 aromatic carbocycles. The van der Waals surface area contributed by atoms with Gasteiger partial charge in [-0.1, -0.05) is 13.8 Å². The average Bonchev–Trinajstić information content (AvgIpc) is 2.77. The smallest absolute Gasteiger partial charge is 0.225 e. The molecule has 0 spiro atoms. The number of aromatic nitrogens is 2. The van der Waals surface area contributed by atoms with Crippen LogP contribution in [-0.2, 0) is 11.3 Å². The van der Waals surface area contributed by atoms with E-state index in [2.05, 4.69) is 22.8 Å². The molecule has 0 radical (unpaired) electrons. The Bertz CT molecular complexity index is 502. The SMILES string of the molecule is Cc1cc(C)n(CC2CCN(C(=O)C[C@@H](O)C(C)C)CC2)n1. The summed E-state index contributed by atoms with van der Waals surface area (Å²) in [4.78, 5) is 14.1. The number of amides is 1. The second kappa shape index (κ2) is 7.27. The van der Waals surface area contributed by atoms with E-state index in [0.29, 0.717) is 5.92 Å². The molecule has 124 valence electrons. The van der Waals surface area contributed by atoms with Gasteiger partial charge in [-0.15, -0.1) is 0 Å². The number of rotatable bonds is 5. The van der Waals surface area contributed by atoms with Crippen molar-refractivity contribution >= 4 is 5.91 Å². The fraction of sp³-hybridized carbons (Fsp3) is 0.765. The van der Waals surface area contributed by atoms with E-state index >= 15 is 0 Å². The van der Waals surface area contributed by atoms with E-state index in [0.717, 1.165) is 38.2 Å². The molecule has 0 aliphatic carbocycles. The maximum absolute atomic E-state index is 12.2. The normalized spacial score (nSPS) is 18.0. The predicted octanol–water partition coefficient (Wildman–Crippen LogP) is 2.15. The highest BCUT2D eigenvalue weighted by Crippen LogP contribution is 2.21. The summed E-state index contributed by atoms with van der Waals surface area (Å²) in [6.07, 6.45) is 1.75. The van der Waals surface area contributed by atoms with Gasteiger partial charge < -0.3 is 10.0 Å². The average molecular weight is 307 g/mol. The maximum Gasteiger partial charge on any atom is 0.225 e. The minimum absolute atomic E-state index is 0.0887. The zero-order valence-electron chi connectivity index (χ0n) is 14.2.